The molecule has 135 heavy (non-hydrogen) atoms. The third kappa shape index (κ3) is 45.0. The molecule has 0 amide bonds. The lowest BCUT2D eigenvalue weighted by molar-refractivity contribution is -0.371. The van der Waals surface area contributed by atoms with Crippen LogP contribution < -0.4 is 0 Å². The van der Waals surface area contributed by atoms with Crippen LogP contribution in [0.3, 0.4) is 0 Å². The highest BCUT2D eigenvalue weighted by atomic mass is 32.2. The fraction of sp³-hybridized carbons (Fsp3) is 0.678. The molecule has 0 bridgehead atoms. The van der Waals surface area contributed by atoms with Crippen molar-refractivity contribution in [3.63, 3.8) is 0 Å². The maximum absolute atomic E-state index is 4.80. The van der Waals surface area contributed by atoms with Crippen LogP contribution in [0.15, 0.2) is 112 Å². The van der Waals surface area contributed by atoms with E-state index in [4.69, 9.17) is 9.97 Å². The summed E-state index contributed by atoms with van der Waals surface area (Å²) in [5.41, 5.74) is 20.0. The first-order valence-electron chi connectivity index (χ1n) is 51.0. The van der Waals surface area contributed by atoms with Crippen molar-refractivity contribution < 1.29 is 4.58 Å². The number of amidine groups is 1. The second-order valence-corrected chi connectivity index (χ2v) is 51.9. The van der Waals surface area contributed by atoms with Gasteiger partial charge in [0.1, 0.15) is 41.2 Å². The van der Waals surface area contributed by atoms with E-state index in [9.17, 15) is 0 Å². The number of H-pyrrole nitrogens is 2. The van der Waals surface area contributed by atoms with Crippen LogP contribution in [-0.4, -0.2) is 119 Å². The summed E-state index contributed by atoms with van der Waals surface area (Å²) in [6, 6.07) is 12.4. The van der Waals surface area contributed by atoms with Crippen LogP contribution in [-0.2, 0) is 138 Å². The molecule has 0 fully saturated rings. The van der Waals surface area contributed by atoms with Gasteiger partial charge in [-0.3, -0.25) is 9.98 Å². The molecule has 12 heterocycles. The van der Waals surface area contributed by atoms with Crippen LogP contribution in [0.1, 0.15) is 388 Å². The number of aromatic amines is 2. The lowest BCUT2D eigenvalue weighted by Crippen LogP contribution is -2.27. The normalized spacial score (nSPS) is 14.4. The van der Waals surface area contributed by atoms with Gasteiger partial charge in [-0.1, -0.05) is 283 Å². The molecule has 0 saturated heterocycles. The molecule has 8 aromatic heterocycles. The number of hydrogen-bond acceptors (Lipinski definition) is 11. The fourth-order valence-corrected chi connectivity index (χ4v) is 17.0. The van der Waals surface area contributed by atoms with E-state index in [-0.39, 0.29) is 26.4 Å². The Morgan fingerprint density at radius 3 is 1.41 bits per heavy atom. The highest BCUT2D eigenvalue weighted by Gasteiger charge is 2.32. The first kappa shape index (κ1) is 119. The number of nitrogens with zero attached hydrogens (tertiary/aromatic N) is 17. The van der Waals surface area contributed by atoms with E-state index in [1.54, 1.807) is 11.8 Å². The quantitative estimate of drug-likeness (QED) is 0.0841. The van der Waals surface area contributed by atoms with Crippen molar-refractivity contribution >= 4 is 46.8 Å². The summed E-state index contributed by atoms with van der Waals surface area (Å²) in [6.07, 6.45) is 43.9. The first-order chi connectivity index (χ1) is 62.1. The second-order valence-electron chi connectivity index (χ2n) is 50.1. The second kappa shape index (κ2) is 52.1. The first-order valence-corrected chi connectivity index (χ1v) is 51.8. The molecular weight excluding hydrogens is 1680 g/mol. The number of nitrogens with one attached hydrogen (secondary N) is 2. The Morgan fingerprint density at radius 1 is 0.459 bits per heavy atom. The van der Waals surface area contributed by atoms with Crippen molar-refractivity contribution in [2.45, 2.75) is 414 Å². The van der Waals surface area contributed by atoms with E-state index in [1.165, 1.54) is 143 Å². The smallest absolute Gasteiger partial charge is 0.297 e. The molecule has 0 unspecified atom stereocenters. The molecule has 5 aliphatic rings. The molecule has 0 saturated carbocycles. The Bertz CT molecular complexity index is 5030. The Morgan fingerprint density at radius 2 is 1.01 bits per heavy atom. The topological polar surface area (TPSA) is 191 Å². The highest BCUT2D eigenvalue weighted by Crippen LogP contribution is 2.34. The summed E-state index contributed by atoms with van der Waals surface area (Å²) in [6.45, 7) is 86.5. The fourth-order valence-electron chi connectivity index (χ4n) is 16.1. The number of thioether (sulfide) groups is 1. The zero-order chi connectivity index (χ0) is 102. The van der Waals surface area contributed by atoms with Gasteiger partial charge in [0, 0.05) is 198 Å². The van der Waals surface area contributed by atoms with E-state index in [0.717, 1.165) is 124 Å². The molecule has 14 rings (SSSR count). The third-order valence-corrected chi connectivity index (χ3v) is 24.0. The van der Waals surface area contributed by atoms with Crippen LogP contribution in [0.2, 0.25) is 0 Å². The standard InChI is InChI=1S/C13H22N2.C13H24N2.C12H20N2.C12H16N2.C12H22N2.C11H20N2.C10H17N.C8H14N2S.C8H15N2.2C8H13N/c1-13(2,3)9-12-14-10-7-5-6-8-11(10)15(12)4;1-7-10-11(8-2)15(6)12(14-10)9-13(3,4)5;1-12(2,3)8-11-13-9-10-6-4-5-7-14(10)11;1-12(2,3)8-11-13-9-6-4-5-7-10(9)14-11;1-6-9-10(7-2)14-11(13-9)8-12(3,4)5;1-6-9-8-12-10(13(9)5)7-11(2,3)4;1-10(2,3)8-9-6-5-7-11(9)4;1-8(2,3)11-7-9-5-6-10(7)4;1-8(2,3)7-9-5-6-10(7)4;2*1-8(2,3)7-5-4-6-9-7/h5-9H2,1-4H3;7-9H2,1-6H3;9H,4-8H2,1-3H3;4-7H,8H2,1-3H3,(H,13,14);6-8H2,1-5H3,(H,13,14);8H,6-7H2,1-5H3;5-7H,8H2,1-4H3;5-6H,1-4H3;6H,5H2,1-4H3;5-6H,4H2,1-3H3;4,6H,5H2,1-3H3/q;;;;;;;;+1;;. The van der Waals surface area contributed by atoms with Crippen LogP contribution in [0, 0.1) is 54.1 Å². The van der Waals surface area contributed by atoms with Gasteiger partial charge in [0.25, 0.3) is 5.84 Å². The lowest BCUT2D eigenvalue weighted by atomic mass is 9.89. The summed E-state index contributed by atoms with van der Waals surface area (Å²) in [5.74, 6) is 8.40. The van der Waals surface area contributed by atoms with Crippen molar-refractivity contribution in [1.82, 2.24) is 72.3 Å². The molecule has 9 aromatic rings. The van der Waals surface area contributed by atoms with Crippen molar-refractivity contribution in [2.75, 3.05) is 13.6 Å². The minimum absolute atomic E-state index is 0.196. The molecule has 0 radical (unpaired) electrons. The average Bonchev–Trinajstić information content (AvgIpc) is 1.66. The number of allylic oxidation sites excluding steroid dienone is 3. The number of aryl methyl sites for hydroxylation is 8. The molecule has 756 valence electrons. The van der Waals surface area contributed by atoms with Gasteiger partial charge in [-0.2, -0.15) is 0 Å². The average molecular weight is 1880 g/mol. The molecule has 1 aliphatic carbocycles. The highest BCUT2D eigenvalue weighted by molar-refractivity contribution is 8.00. The minimum atomic E-state index is 0.196. The Kier molecular flexibility index (Phi) is 46.0. The van der Waals surface area contributed by atoms with E-state index in [2.05, 4.69) is 425 Å². The summed E-state index contributed by atoms with van der Waals surface area (Å²) in [5, 5.41) is 1.08. The van der Waals surface area contributed by atoms with Gasteiger partial charge in [0.15, 0.2) is 11.7 Å². The number of imidazole rings is 7. The van der Waals surface area contributed by atoms with E-state index in [1.807, 2.05) is 60.8 Å². The van der Waals surface area contributed by atoms with Crippen molar-refractivity contribution in [3.8, 4) is 0 Å². The van der Waals surface area contributed by atoms with Gasteiger partial charge in [0.05, 0.1) is 40.6 Å². The summed E-state index contributed by atoms with van der Waals surface area (Å²) in [4.78, 5) is 51.6. The lowest BCUT2D eigenvalue weighted by Gasteiger charge is -2.21. The molecule has 2 N–H and O–H groups in total. The largest absolute Gasteiger partial charge is 0.354 e. The van der Waals surface area contributed by atoms with Crippen molar-refractivity contribution in [1.29, 1.82) is 0 Å². The van der Waals surface area contributed by atoms with Crippen LogP contribution in [0.25, 0.3) is 11.0 Å². The van der Waals surface area contributed by atoms with Gasteiger partial charge < -0.3 is 37.4 Å². The molecule has 4 aliphatic heterocycles. The van der Waals surface area contributed by atoms with Crippen molar-refractivity contribution in [2.24, 2.45) is 104 Å². The monoisotopic (exact) mass is 1880 g/mol. The number of benzene rings is 1. The summed E-state index contributed by atoms with van der Waals surface area (Å²) < 4.78 is 15.8. The summed E-state index contributed by atoms with van der Waals surface area (Å²) in [7, 11) is 12.6. The predicted octanol–water partition coefficient (Wildman–Crippen LogP) is 28.5. The van der Waals surface area contributed by atoms with Crippen LogP contribution >= 0.6 is 11.8 Å². The van der Waals surface area contributed by atoms with Gasteiger partial charge >= 0.3 is 0 Å². The number of aromatic nitrogens is 15. The Labute approximate surface area is 828 Å². The molecular formula is C115H196N19S+. The predicted molar refractivity (Wildman–Crippen MR) is 585 cm³/mol. The van der Waals surface area contributed by atoms with Gasteiger partial charge in [-0.05, 0) is 166 Å². The molecule has 1 aromatic carbocycles. The SMILES string of the molecule is CC(C)(C)C1=CCC=N1.CC(C)(C)C1=NC=CC1.CC(C)(C)Cc1nc2ccccc2[nH]1.CC(C)(C)Cc1ncc2n1CCCC2.CCc1cnc(CC(C)(C)C)n1C.CCc1nc(CC(C)(C)C)[nH]c1CC.CCc1nc(CC(C)(C)C)n(C)c1CC.C[N+]1=CCN=C1C(C)(C)C.Cn1c(CC(C)(C)C)nc2c1CCCC2.Cn1cccc1CC(C)(C)C.Cn1ccnc1SC(C)(C)C. The zero-order valence-corrected chi connectivity index (χ0v) is 95.3. The number of rotatable bonds is 13. The number of aliphatic imine (C=N–C) groups is 3. The molecule has 0 atom stereocenters. The van der Waals surface area contributed by atoms with E-state index in [0.29, 0.717) is 32.5 Å². The zero-order valence-electron chi connectivity index (χ0n) is 94.5. The van der Waals surface area contributed by atoms with Crippen LogP contribution in [0.5, 0.6) is 0 Å². The summed E-state index contributed by atoms with van der Waals surface area (Å²) >= 11 is 1.79. The number of fused-ring (bicyclic) bond motifs is 3. The molecule has 0 spiro atoms. The number of para-hydroxylation sites is 2. The van der Waals surface area contributed by atoms with Crippen LogP contribution in [0.4, 0.5) is 0 Å². The van der Waals surface area contributed by atoms with Gasteiger partial charge in [-0.15, -0.1) is 0 Å². The third-order valence-electron chi connectivity index (χ3n) is 22.8. The van der Waals surface area contributed by atoms with Gasteiger partial charge in [-0.25, -0.2) is 39.5 Å². The molecule has 20 heteroatoms. The Hall–Kier alpha value is -8.26. The molecule has 19 nitrogen and oxygen atoms in total. The van der Waals surface area contributed by atoms with Crippen molar-refractivity contribution in [3.05, 3.63) is 178 Å². The maximum atomic E-state index is 4.80. The van der Waals surface area contributed by atoms with Gasteiger partial charge in [0.2, 0.25) is 0 Å². The maximum Gasteiger partial charge on any atom is 0.297 e. The van der Waals surface area contributed by atoms with E-state index < -0.39 is 0 Å². The minimum Gasteiger partial charge on any atom is -0.354 e. The number of hydrogen-bond donors (Lipinski definition) is 2. The Balaban J connectivity index is 0.000000312. The van der Waals surface area contributed by atoms with E-state index >= 15 is 0 Å².